The van der Waals surface area contributed by atoms with Gasteiger partial charge >= 0.3 is 5.97 Å². The number of ether oxygens (including phenoxy) is 1. The fraction of sp³-hybridized carbons (Fsp3) is 0.233. The number of carbonyl (C=O) groups excluding carboxylic acids is 1. The Labute approximate surface area is 228 Å². The summed E-state index contributed by atoms with van der Waals surface area (Å²) in [5.74, 6) is -1.16. The van der Waals surface area contributed by atoms with Crippen molar-refractivity contribution in [2.24, 2.45) is 0 Å². The van der Waals surface area contributed by atoms with E-state index in [-0.39, 0.29) is 35.6 Å². The molecular formula is C30H26FN5O4. The molecule has 10 heteroatoms. The molecule has 40 heavy (non-hydrogen) atoms. The van der Waals surface area contributed by atoms with E-state index in [0.29, 0.717) is 29.2 Å². The van der Waals surface area contributed by atoms with Crippen molar-refractivity contribution in [2.75, 3.05) is 7.11 Å². The van der Waals surface area contributed by atoms with Gasteiger partial charge in [-0.3, -0.25) is 4.79 Å². The molecule has 3 aromatic heterocycles. The SMILES string of the molecule is COc1ccc(-c2ccc(C(=O)O)cc2)c(CCC(=O)c2cn(Cc3cn4cc(C5CC5)ccc4n3)nn2)c1F. The number of rotatable bonds is 10. The van der Waals surface area contributed by atoms with E-state index < -0.39 is 11.8 Å². The van der Waals surface area contributed by atoms with Crippen molar-refractivity contribution in [3.05, 3.63) is 101 Å². The molecule has 1 saturated carbocycles. The smallest absolute Gasteiger partial charge is 0.335 e. The quantitative estimate of drug-likeness (QED) is 0.243. The minimum atomic E-state index is -1.05. The number of benzene rings is 2. The van der Waals surface area contributed by atoms with Crippen LogP contribution in [-0.2, 0) is 13.0 Å². The van der Waals surface area contributed by atoms with Gasteiger partial charge in [0.15, 0.2) is 17.3 Å². The summed E-state index contributed by atoms with van der Waals surface area (Å²) in [5.41, 5.74) is 4.79. The molecule has 0 spiro atoms. The number of nitrogens with zero attached hydrogens (tertiary/aromatic N) is 5. The standard InChI is InChI=1S/C30H26FN5O4/c1-40-27-12-10-23(19-4-6-20(7-5-19)30(38)39)24(29(27)31)9-11-26(37)25-17-36(34-33-25)16-22-15-35-14-21(18-2-3-18)8-13-28(35)32-22/h4-8,10,12-15,17-18H,2-3,9,11,16H2,1H3,(H,38,39). The molecule has 6 rings (SSSR count). The lowest BCUT2D eigenvalue weighted by molar-refractivity contribution is 0.0696. The molecule has 0 amide bonds. The molecule has 0 saturated heterocycles. The number of hydrogen-bond donors (Lipinski definition) is 1. The van der Waals surface area contributed by atoms with E-state index >= 15 is 4.39 Å². The Hall–Kier alpha value is -4.86. The number of imidazole rings is 1. The molecule has 3 heterocycles. The summed E-state index contributed by atoms with van der Waals surface area (Å²) >= 11 is 0. The first-order valence-corrected chi connectivity index (χ1v) is 13.0. The summed E-state index contributed by atoms with van der Waals surface area (Å²) in [5, 5.41) is 17.3. The van der Waals surface area contributed by atoms with Crippen LogP contribution in [-0.4, -0.2) is 48.3 Å². The Kier molecular flexibility index (Phi) is 6.59. The zero-order valence-corrected chi connectivity index (χ0v) is 21.7. The van der Waals surface area contributed by atoms with Crippen LogP contribution in [0.15, 0.2) is 67.1 Å². The number of fused-ring (bicyclic) bond motifs is 1. The van der Waals surface area contributed by atoms with Crippen LogP contribution in [0.25, 0.3) is 16.8 Å². The van der Waals surface area contributed by atoms with Gasteiger partial charge in [-0.1, -0.05) is 29.5 Å². The van der Waals surface area contributed by atoms with E-state index in [0.717, 1.165) is 11.3 Å². The highest BCUT2D eigenvalue weighted by Crippen LogP contribution is 2.40. The molecule has 202 valence electrons. The summed E-state index contributed by atoms with van der Waals surface area (Å²) in [4.78, 5) is 28.9. The lowest BCUT2D eigenvalue weighted by Gasteiger charge is -2.13. The molecule has 0 atom stereocenters. The normalized spacial score (nSPS) is 13.1. The van der Waals surface area contributed by atoms with Crippen LogP contribution in [0.3, 0.4) is 0 Å². The van der Waals surface area contributed by atoms with E-state index in [2.05, 4.69) is 27.6 Å². The molecule has 0 unspecified atom stereocenters. The van der Waals surface area contributed by atoms with Crippen LogP contribution in [0.2, 0.25) is 0 Å². The maximum absolute atomic E-state index is 15.3. The molecule has 2 aromatic carbocycles. The Morgan fingerprint density at radius 2 is 1.85 bits per heavy atom. The highest BCUT2D eigenvalue weighted by atomic mass is 19.1. The Morgan fingerprint density at radius 3 is 2.58 bits per heavy atom. The number of aromatic carboxylic acids is 1. The highest BCUT2D eigenvalue weighted by molar-refractivity contribution is 5.94. The van der Waals surface area contributed by atoms with Gasteiger partial charge in [0.25, 0.3) is 0 Å². The first-order chi connectivity index (χ1) is 19.4. The van der Waals surface area contributed by atoms with Crippen LogP contribution in [0.5, 0.6) is 5.75 Å². The molecule has 1 aliphatic rings. The van der Waals surface area contributed by atoms with E-state index in [1.54, 1.807) is 29.1 Å². The van der Waals surface area contributed by atoms with Gasteiger partial charge in [0.2, 0.25) is 0 Å². The largest absolute Gasteiger partial charge is 0.494 e. The third-order valence-electron chi connectivity index (χ3n) is 7.19. The van der Waals surface area contributed by atoms with Crippen LogP contribution in [0, 0.1) is 5.82 Å². The van der Waals surface area contributed by atoms with Gasteiger partial charge in [0, 0.05) is 18.8 Å². The summed E-state index contributed by atoms with van der Waals surface area (Å²) in [6.07, 6.45) is 8.22. The van der Waals surface area contributed by atoms with Gasteiger partial charge in [0.05, 0.1) is 31.1 Å². The average molecular weight is 540 g/mol. The fourth-order valence-corrected chi connectivity index (χ4v) is 4.90. The number of aromatic nitrogens is 5. The topological polar surface area (TPSA) is 112 Å². The molecule has 1 fully saturated rings. The first-order valence-electron chi connectivity index (χ1n) is 13.0. The second-order valence-electron chi connectivity index (χ2n) is 9.95. The first kappa shape index (κ1) is 25.4. The van der Waals surface area contributed by atoms with Crippen molar-refractivity contribution < 1.29 is 23.8 Å². The number of methoxy groups -OCH3 is 1. The fourth-order valence-electron chi connectivity index (χ4n) is 4.90. The maximum atomic E-state index is 15.3. The average Bonchev–Trinajstić information content (AvgIpc) is 3.57. The third kappa shape index (κ3) is 5.07. The molecule has 1 aliphatic carbocycles. The van der Waals surface area contributed by atoms with Gasteiger partial charge in [0.1, 0.15) is 11.3 Å². The number of halogens is 1. The third-order valence-corrected chi connectivity index (χ3v) is 7.19. The van der Waals surface area contributed by atoms with Gasteiger partial charge in [-0.25, -0.2) is 18.9 Å². The molecular weight excluding hydrogens is 513 g/mol. The van der Waals surface area contributed by atoms with Gasteiger partial charge in [-0.05, 0) is 71.7 Å². The number of carboxylic acid groups (broad SMARTS) is 1. The number of pyridine rings is 1. The number of ketones is 1. The van der Waals surface area contributed by atoms with Crippen LogP contribution >= 0.6 is 0 Å². The Bertz CT molecular complexity index is 1740. The molecule has 5 aromatic rings. The molecule has 0 radical (unpaired) electrons. The van der Waals surface area contributed by atoms with Gasteiger partial charge in [-0.2, -0.15) is 0 Å². The zero-order chi connectivity index (χ0) is 27.8. The second-order valence-corrected chi connectivity index (χ2v) is 9.95. The van der Waals surface area contributed by atoms with Crippen LogP contribution < -0.4 is 4.74 Å². The number of carbonyl (C=O) groups is 2. The summed E-state index contributed by atoms with van der Waals surface area (Å²) in [6, 6.07) is 13.5. The number of Topliss-reactive ketones (excluding diaryl/α,β-unsaturated/α-hetero) is 1. The van der Waals surface area contributed by atoms with Gasteiger partial charge in [-0.15, -0.1) is 5.10 Å². The van der Waals surface area contributed by atoms with Gasteiger partial charge < -0.3 is 14.2 Å². The minimum absolute atomic E-state index is 0.00129. The summed E-state index contributed by atoms with van der Waals surface area (Å²) < 4.78 is 24.0. The van der Waals surface area contributed by atoms with Crippen molar-refractivity contribution in [2.45, 2.75) is 38.1 Å². The molecule has 9 nitrogen and oxygen atoms in total. The van der Waals surface area contributed by atoms with E-state index in [1.165, 1.54) is 43.7 Å². The highest BCUT2D eigenvalue weighted by Gasteiger charge is 2.24. The maximum Gasteiger partial charge on any atom is 0.335 e. The lowest BCUT2D eigenvalue weighted by atomic mass is 9.94. The van der Waals surface area contributed by atoms with E-state index in [4.69, 9.17) is 4.74 Å². The monoisotopic (exact) mass is 539 g/mol. The van der Waals surface area contributed by atoms with Crippen molar-refractivity contribution in [3.63, 3.8) is 0 Å². The van der Waals surface area contributed by atoms with Crippen molar-refractivity contribution in [1.29, 1.82) is 0 Å². The summed E-state index contributed by atoms with van der Waals surface area (Å²) in [6.45, 7) is 0.363. The Morgan fingerprint density at radius 1 is 1.05 bits per heavy atom. The second kappa shape index (κ2) is 10.4. The minimum Gasteiger partial charge on any atom is -0.494 e. The van der Waals surface area contributed by atoms with Crippen molar-refractivity contribution in [3.8, 4) is 16.9 Å². The summed E-state index contributed by atoms with van der Waals surface area (Å²) in [7, 11) is 1.38. The predicted molar refractivity (Wildman–Crippen MR) is 144 cm³/mol. The predicted octanol–water partition coefficient (Wildman–Crippen LogP) is 5.18. The number of carboxylic acids is 1. The van der Waals surface area contributed by atoms with E-state index in [9.17, 15) is 14.7 Å². The van der Waals surface area contributed by atoms with E-state index in [1.807, 2.05) is 16.7 Å². The van der Waals surface area contributed by atoms with Crippen LogP contribution in [0.4, 0.5) is 4.39 Å². The number of hydrogen-bond acceptors (Lipinski definition) is 6. The Balaban J connectivity index is 1.17. The molecule has 0 bridgehead atoms. The molecule has 1 N–H and O–H groups in total. The lowest BCUT2D eigenvalue weighted by Crippen LogP contribution is -2.05. The zero-order valence-electron chi connectivity index (χ0n) is 21.7. The van der Waals surface area contributed by atoms with Crippen molar-refractivity contribution in [1.82, 2.24) is 24.4 Å². The molecule has 0 aliphatic heterocycles. The van der Waals surface area contributed by atoms with Crippen LogP contribution in [0.1, 0.15) is 62.8 Å². The van der Waals surface area contributed by atoms with Crippen molar-refractivity contribution >= 4 is 17.4 Å².